The maximum Gasteiger partial charge on any atom is 0.188 e. The van der Waals surface area contributed by atoms with Gasteiger partial charge in [0.25, 0.3) is 0 Å². The number of rotatable bonds is 5. The Kier molecular flexibility index (Phi) is 4.16. The Morgan fingerprint density at radius 3 is 2.69 bits per heavy atom. The summed E-state index contributed by atoms with van der Waals surface area (Å²) in [5.41, 5.74) is 3.02. The summed E-state index contributed by atoms with van der Waals surface area (Å²) in [5, 5.41) is 16.1. The molecule has 144 valence electrons. The number of para-hydroxylation sites is 2. The van der Waals surface area contributed by atoms with E-state index in [9.17, 15) is 4.39 Å². The van der Waals surface area contributed by atoms with Crippen molar-refractivity contribution < 1.29 is 4.39 Å². The Labute approximate surface area is 165 Å². The topological polar surface area (TPSA) is 72.9 Å². The maximum atomic E-state index is 14.2. The first-order valence-corrected chi connectivity index (χ1v) is 9.34. The predicted octanol–water partition coefficient (Wildman–Crippen LogP) is 3.70. The van der Waals surface area contributed by atoms with Crippen LogP contribution in [0.2, 0.25) is 0 Å². The van der Waals surface area contributed by atoms with E-state index in [4.69, 9.17) is 0 Å². The van der Waals surface area contributed by atoms with Gasteiger partial charge in [-0.25, -0.2) is 9.37 Å². The molecular formula is C21H18FN7. The second kappa shape index (κ2) is 6.97. The highest BCUT2D eigenvalue weighted by Crippen LogP contribution is 2.21. The molecule has 7 nitrogen and oxygen atoms in total. The first-order valence-electron chi connectivity index (χ1n) is 9.34. The van der Waals surface area contributed by atoms with Crippen LogP contribution in [-0.2, 0) is 6.54 Å². The van der Waals surface area contributed by atoms with Crippen molar-refractivity contribution in [3.05, 3.63) is 72.3 Å². The van der Waals surface area contributed by atoms with Crippen LogP contribution in [0.3, 0.4) is 0 Å². The fourth-order valence-electron chi connectivity index (χ4n) is 3.47. The standard InChI is InChI=1S/C21H18FN7/c1-14-24-17-8-4-5-9-18(17)28(14)13-12-23-19-10-11-20-25-26-21(29(20)27-19)15-6-2-3-7-16(15)22/h2-11H,12-13H2,1H3,(H,23,27). The molecule has 5 rings (SSSR count). The summed E-state index contributed by atoms with van der Waals surface area (Å²) in [6, 6.07) is 18.2. The molecule has 0 unspecified atom stereocenters. The minimum atomic E-state index is -0.357. The fourth-order valence-corrected chi connectivity index (χ4v) is 3.47. The zero-order chi connectivity index (χ0) is 19.8. The van der Waals surface area contributed by atoms with E-state index in [1.165, 1.54) is 6.07 Å². The highest BCUT2D eigenvalue weighted by Gasteiger charge is 2.13. The summed E-state index contributed by atoms with van der Waals surface area (Å²) in [7, 11) is 0. The van der Waals surface area contributed by atoms with Crippen molar-refractivity contribution >= 4 is 22.5 Å². The summed E-state index contributed by atoms with van der Waals surface area (Å²) < 4.78 is 17.9. The molecule has 0 saturated carbocycles. The Bertz CT molecular complexity index is 1320. The number of halogens is 1. The van der Waals surface area contributed by atoms with Crippen LogP contribution in [0.15, 0.2) is 60.7 Å². The number of aryl methyl sites for hydroxylation is 1. The van der Waals surface area contributed by atoms with Crippen LogP contribution < -0.4 is 5.32 Å². The monoisotopic (exact) mass is 387 g/mol. The van der Waals surface area contributed by atoms with Gasteiger partial charge in [0.2, 0.25) is 0 Å². The minimum absolute atomic E-state index is 0.357. The van der Waals surface area contributed by atoms with Crippen molar-refractivity contribution in [1.29, 1.82) is 0 Å². The SMILES string of the molecule is Cc1nc2ccccc2n1CCNc1ccc2nnc(-c3ccccc3F)n2n1. The van der Waals surface area contributed by atoms with Crippen molar-refractivity contribution in [2.75, 3.05) is 11.9 Å². The molecule has 0 bridgehead atoms. The van der Waals surface area contributed by atoms with Gasteiger partial charge < -0.3 is 9.88 Å². The van der Waals surface area contributed by atoms with Gasteiger partial charge in [-0.3, -0.25) is 0 Å². The lowest BCUT2D eigenvalue weighted by Gasteiger charge is -2.09. The molecular weight excluding hydrogens is 369 g/mol. The van der Waals surface area contributed by atoms with Crippen molar-refractivity contribution in [3.8, 4) is 11.4 Å². The number of aromatic nitrogens is 6. The van der Waals surface area contributed by atoms with Gasteiger partial charge in [0.1, 0.15) is 17.5 Å². The molecule has 5 aromatic rings. The Morgan fingerprint density at radius 1 is 0.966 bits per heavy atom. The summed E-state index contributed by atoms with van der Waals surface area (Å²) >= 11 is 0. The highest BCUT2D eigenvalue weighted by atomic mass is 19.1. The minimum Gasteiger partial charge on any atom is -0.367 e. The number of hydrogen-bond donors (Lipinski definition) is 1. The van der Waals surface area contributed by atoms with E-state index in [0.29, 0.717) is 29.4 Å². The molecule has 0 spiro atoms. The molecule has 1 N–H and O–H groups in total. The largest absolute Gasteiger partial charge is 0.367 e. The van der Waals surface area contributed by atoms with Gasteiger partial charge >= 0.3 is 0 Å². The maximum absolute atomic E-state index is 14.2. The summed E-state index contributed by atoms with van der Waals surface area (Å²) in [6.45, 7) is 3.41. The van der Waals surface area contributed by atoms with Gasteiger partial charge in [-0.1, -0.05) is 24.3 Å². The fraction of sp³-hybridized carbons (Fsp3) is 0.143. The summed E-state index contributed by atoms with van der Waals surface area (Å²) in [5.74, 6) is 1.65. The van der Waals surface area contributed by atoms with Gasteiger partial charge in [0, 0.05) is 13.1 Å². The Morgan fingerprint density at radius 2 is 1.79 bits per heavy atom. The van der Waals surface area contributed by atoms with Crippen LogP contribution in [0.4, 0.5) is 10.2 Å². The molecule has 0 aliphatic rings. The molecule has 3 heterocycles. The molecule has 0 amide bonds. The smallest absolute Gasteiger partial charge is 0.188 e. The lowest BCUT2D eigenvalue weighted by molar-refractivity contribution is 0.629. The number of fused-ring (bicyclic) bond motifs is 2. The first-order chi connectivity index (χ1) is 14.2. The molecule has 0 atom stereocenters. The number of nitrogens with one attached hydrogen (secondary N) is 1. The van der Waals surface area contributed by atoms with Crippen molar-refractivity contribution in [1.82, 2.24) is 29.4 Å². The van der Waals surface area contributed by atoms with Crippen molar-refractivity contribution in [2.24, 2.45) is 0 Å². The average Bonchev–Trinajstić information content (AvgIpc) is 3.29. The second-order valence-electron chi connectivity index (χ2n) is 6.72. The van der Waals surface area contributed by atoms with Gasteiger partial charge in [-0.15, -0.1) is 15.3 Å². The quantitative estimate of drug-likeness (QED) is 0.498. The van der Waals surface area contributed by atoms with Crippen LogP contribution in [0.1, 0.15) is 5.82 Å². The second-order valence-corrected chi connectivity index (χ2v) is 6.72. The number of imidazole rings is 1. The van der Waals surface area contributed by atoms with E-state index < -0.39 is 0 Å². The molecule has 0 saturated heterocycles. The van der Waals surface area contributed by atoms with Crippen LogP contribution in [0.5, 0.6) is 0 Å². The van der Waals surface area contributed by atoms with Crippen LogP contribution in [0, 0.1) is 12.7 Å². The first kappa shape index (κ1) is 17.3. The highest BCUT2D eigenvalue weighted by molar-refractivity contribution is 5.75. The normalized spacial score (nSPS) is 11.4. The summed E-state index contributed by atoms with van der Waals surface area (Å²) in [6.07, 6.45) is 0. The van der Waals surface area contributed by atoms with Gasteiger partial charge in [-0.05, 0) is 43.3 Å². The predicted molar refractivity (Wildman–Crippen MR) is 109 cm³/mol. The third kappa shape index (κ3) is 3.08. The van der Waals surface area contributed by atoms with Crippen molar-refractivity contribution in [3.63, 3.8) is 0 Å². The van der Waals surface area contributed by atoms with E-state index in [1.54, 1.807) is 22.7 Å². The molecule has 0 aliphatic carbocycles. The van der Waals surface area contributed by atoms with E-state index in [1.807, 2.05) is 37.3 Å². The molecule has 2 aromatic carbocycles. The van der Waals surface area contributed by atoms with Gasteiger partial charge in [-0.2, -0.15) is 4.52 Å². The van der Waals surface area contributed by atoms with E-state index >= 15 is 0 Å². The molecule has 0 fully saturated rings. The van der Waals surface area contributed by atoms with Crippen LogP contribution >= 0.6 is 0 Å². The van der Waals surface area contributed by atoms with E-state index in [0.717, 1.165) is 23.4 Å². The lowest BCUT2D eigenvalue weighted by atomic mass is 10.2. The van der Waals surface area contributed by atoms with E-state index in [2.05, 4.69) is 36.2 Å². The Hall–Kier alpha value is -3.81. The molecule has 3 aromatic heterocycles. The third-order valence-corrected chi connectivity index (χ3v) is 4.86. The average molecular weight is 387 g/mol. The number of anilines is 1. The van der Waals surface area contributed by atoms with Gasteiger partial charge in [0.05, 0.1) is 16.6 Å². The van der Waals surface area contributed by atoms with Gasteiger partial charge in [0.15, 0.2) is 11.5 Å². The molecule has 29 heavy (non-hydrogen) atoms. The third-order valence-electron chi connectivity index (χ3n) is 4.86. The lowest BCUT2D eigenvalue weighted by Crippen LogP contribution is -2.13. The van der Waals surface area contributed by atoms with E-state index in [-0.39, 0.29) is 5.82 Å². The Balaban J connectivity index is 1.39. The molecule has 0 aliphatic heterocycles. The summed E-state index contributed by atoms with van der Waals surface area (Å²) in [4.78, 5) is 4.59. The number of hydrogen-bond acceptors (Lipinski definition) is 5. The molecule has 0 radical (unpaired) electrons. The van der Waals surface area contributed by atoms with Crippen molar-refractivity contribution in [2.45, 2.75) is 13.5 Å². The number of benzene rings is 2. The zero-order valence-corrected chi connectivity index (χ0v) is 15.7. The molecule has 8 heteroatoms. The zero-order valence-electron chi connectivity index (χ0n) is 15.7. The van der Waals surface area contributed by atoms with Crippen LogP contribution in [0.25, 0.3) is 28.1 Å². The number of nitrogens with zero attached hydrogens (tertiary/aromatic N) is 6. The van der Waals surface area contributed by atoms with Crippen LogP contribution in [-0.4, -0.2) is 35.9 Å².